The summed E-state index contributed by atoms with van der Waals surface area (Å²) in [7, 11) is 0. The fourth-order valence-corrected chi connectivity index (χ4v) is 3.14. The number of anilines is 1. The molecule has 5 nitrogen and oxygen atoms in total. The van der Waals surface area contributed by atoms with E-state index in [0.29, 0.717) is 24.6 Å². The summed E-state index contributed by atoms with van der Waals surface area (Å²) >= 11 is 0. The summed E-state index contributed by atoms with van der Waals surface area (Å²) in [6, 6.07) is 9.13. The molecule has 0 atom stereocenters. The maximum atomic E-state index is 12.0. The molecular formula is C19H25N3O2. The number of rotatable bonds is 7. The van der Waals surface area contributed by atoms with Crippen LogP contribution in [0.2, 0.25) is 0 Å². The Morgan fingerprint density at radius 3 is 2.71 bits per heavy atom. The fraction of sp³-hybridized carbons (Fsp3) is 0.526. The van der Waals surface area contributed by atoms with Gasteiger partial charge in [-0.05, 0) is 30.0 Å². The molecule has 0 unspecified atom stereocenters. The SMILES string of the molecule is N#CCC(=O)Nc1cccc(CNC(=O)CCC2CCCCC2)c1. The molecule has 1 aliphatic carbocycles. The lowest BCUT2D eigenvalue weighted by molar-refractivity contribution is -0.121. The second-order valence-corrected chi connectivity index (χ2v) is 6.40. The fourth-order valence-electron chi connectivity index (χ4n) is 3.14. The van der Waals surface area contributed by atoms with Crippen molar-refractivity contribution < 1.29 is 9.59 Å². The molecule has 2 N–H and O–H groups in total. The third kappa shape index (κ3) is 6.41. The van der Waals surface area contributed by atoms with Gasteiger partial charge in [0.1, 0.15) is 6.42 Å². The second kappa shape index (κ2) is 9.71. The summed E-state index contributed by atoms with van der Waals surface area (Å²) in [5, 5.41) is 14.1. The highest BCUT2D eigenvalue weighted by molar-refractivity contribution is 5.92. The number of benzene rings is 1. The number of carbonyl (C=O) groups is 2. The molecule has 1 aromatic carbocycles. The molecule has 128 valence electrons. The van der Waals surface area contributed by atoms with E-state index in [1.54, 1.807) is 6.07 Å². The molecule has 0 spiro atoms. The van der Waals surface area contributed by atoms with Crippen LogP contribution in [0.25, 0.3) is 0 Å². The minimum absolute atomic E-state index is 0.0829. The van der Waals surface area contributed by atoms with Crippen molar-refractivity contribution in [3.8, 4) is 6.07 Å². The van der Waals surface area contributed by atoms with Gasteiger partial charge in [-0.15, -0.1) is 0 Å². The molecule has 2 amide bonds. The van der Waals surface area contributed by atoms with Crippen LogP contribution in [0.1, 0.15) is 56.9 Å². The number of carbonyl (C=O) groups excluding carboxylic acids is 2. The van der Waals surface area contributed by atoms with E-state index in [1.165, 1.54) is 32.1 Å². The minimum atomic E-state index is -0.328. The standard InChI is InChI=1S/C19H25N3O2/c20-12-11-19(24)22-17-8-4-7-16(13-17)14-21-18(23)10-9-15-5-2-1-3-6-15/h4,7-8,13,15H,1-3,5-6,9-11,14H2,(H,21,23)(H,22,24). The van der Waals surface area contributed by atoms with Crippen LogP contribution < -0.4 is 10.6 Å². The number of nitriles is 1. The van der Waals surface area contributed by atoms with Gasteiger partial charge >= 0.3 is 0 Å². The summed E-state index contributed by atoms with van der Waals surface area (Å²) in [5.41, 5.74) is 1.57. The first-order chi connectivity index (χ1) is 11.7. The predicted molar refractivity (Wildman–Crippen MR) is 93.0 cm³/mol. The van der Waals surface area contributed by atoms with Crippen LogP contribution in [-0.2, 0) is 16.1 Å². The van der Waals surface area contributed by atoms with Crippen molar-refractivity contribution in [2.45, 2.75) is 57.9 Å². The first-order valence-electron chi connectivity index (χ1n) is 8.70. The Labute approximate surface area is 143 Å². The van der Waals surface area contributed by atoms with Crippen LogP contribution in [0.15, 0.2) is 24.3 Å². The van der Waals surface area contributed by atoms with Crippen molar-refractivity contribution in [2.24, 2.45) is 5.92 Å². The Morgan fingerprint density at radius 1 is 1.17 bits per heavy atom. The molecule has 0 heterocycles. The first-order valence-corrected chi connectivity index (χ1v) is 8.70. The Bertz CT molecular complexity index is 601. The number of nitrogens with zero attached hydrogens (tertiary/aromatic N) is 1. The number of nitrogens with one attached hydrogen (secondary N) is 2. The quantitative estimate of drug-likeness (QED) is 0.804. The maximum absolute atomic E-state index is 12.0. The zero-order valence-corrected chi connectivity index (χ0v) is 14.0. The van der Waals surface area contributed by atoms with Crippen LogP contribution >= 0.6 is 0 Å². The summed E-state index contributed by atoms with van der Waals surface area (Å²) in [6.07, 6.45) is 7.87. The smallest absolute Gasteiger partial charge is 0.238 e. The van der Waals surface area contributed by atoms with E-state index in [2.05, 4.69) is 10.6 Å². The van der Waals surface area contributed by atoms with Gasteiger partial charge in [-0.2, -0.15) is 5.26 Å². The van der Waals surface area contributed by atoms with Gasteiger partial charge in [-0.25, -0.2) is 0 Å². The van der Waals surface area contributed by atoms with Gasteiger partial charge in [-0.1, -0.05) is 44.2 Å². The zero-order valence-electron chi connectivity index (χ0n) is 14.0. The van der Waals surface area contributed by atoms with E-state index in [0.717, 1.165) is 12.0 Å². The number of hydrogen-bond donors (Lipinski definition) is 2. The monoisotopic (exact) mass is 327 g/mol. The molecule has 0 bridgehead atoms. The molecule has 5 heteroatoms. The van der Waals surface area contributed by atoms with E-state index in [4.69, 9.17) is 5.26 Å². The van der Waals surface area contributed by atoms with Gasteiger partial charge in [0.05, 0.1) is 6.07 Å². The highest BCUT2D eigenvalue weighted by Gasteiger charge is 2.14. The van der Waals surface area contributed by atoms with Crippen molar-refractivity contribution in [1.82, 2.24) is 5.32 Å². The number of amides is 2. The molecule has 0 aliphatic heterocycles. The molecule has 1 aromatic rings. The molecule has 1 saturated carbocycles. The van der Waals surface area contributed by atoms with Crippen LogP contribution in [0.5, 0.6) is 0 Å². The van der Waals surface area contributed by atoms with E-state index < -0.39 is 0 Å². The van der Waals surface area contributed by atoms with E-state index in [9.17, 15) is 9.59 Å². The van der Waals surface area contributed by atoms with Gasteiger partial charge in [-0.3, -0.25) is 9.59 Å². The minimum Gasteiger partial charge on any atom is -0.352 e. The Balaban J connectivity index is 1.73. The van der Waals surface area contributed by atoms with E-state index in [-0.39, 0.29) is 18.2 Å². The van der Waals surface area contributed by atoms with Gasteiger partial charge in [0, 0.05) is 18.7 Å². The van der Waals surface area contributed by atoms with Crippen LogP contribution in [0.3, 0.4) is 0 Å². The Morgan fingerprint density at radius 2 is 1.96 bits per heavy atom. The molecule has 0 radical (unpaired) electrons. The largest absolute Gasteiger partial charge is 0.352 e. The summed E-state index contributed by atoms with van der Waals surface area (Å²) in [6.45, 7) is 0.450. The van der Waals surface area contributed by atoms with Crippen molar-refractivity contribution in [3.63, 3.8) is 0 Å². The zero-order chi connectivity index (χ0) is 17.2. The molecule has 24 heavy (non-hydrogen) atoms. The predicted octanol–water partition coefficient (Wildman–Crippen LogP) is 3.52. The van der Waals surface area contributed by atoms with Crippen molar-refractivity contribution >= 4 is 17.5 Å². The molecule has 0 saturated heterocycles. The molecule has 2 rings (SSSR count). The van der Waals surface area contributed by atoms with Gasteiger partial charge in [0.2, 0.25) is 11.8 Å². The normalized spacial score (nSPS) is 14.6. The van der Waals surface area contributed by atoms with Gasteiger partial charge < -0.3 is 10.6 Å². The molecule has 1 aliphatic rings. The summed E-state index contributed by atoms with van der Waals surface area (Å²) in [4.78, 5) is 23.4. The highest BCUT2D eigenvalue weighted by Crippen LogP contribution is 2.27. The lowest BCUT2D eigenvalue weighted by atomic mass is 9.86. The average molecular weight is 327 g/mol. The van der Waals surface area contributed by atoms with Crippen molar-refractivity contribution in [1.29, 1.82) is 5.26 Å². The number of hydrogen-bond acceptors (Lipinski definition) is 3. The lowest BCUT2D eigenvalue weighted by Gasteiger charge is -2.21. The van der Waals surface area contributed by atoms with Crippen LogP contribution in [0, 0.1) is 17.2 Å². The van der Waals surface area contributed by atoms with Gasteiger partial charge in [0.15, 0.2) is 0 Å². The Hall–Kier alpha value is -2.35. The van der Waals surface area contributed by atoms with Crippen molar-refractivity contribution in [2.75, 3.05) is 5.32 Å². The van der Waals surface area contributed by atoms with Crippen molar-refractivity contribution in [3.05, 3.63) is 29.8 Å². The average Bonchev–Trinajstić information content (AvgIpc) is 2.59. The molecule has 0 aromatic heterocycles. The third-order valence-corrected chi connectivity index (χ3v) is 4.44. The summed E-state index contributed by atoms with van der Waals surface area (Å²) < 4.78 is 0. The maximum Gasteiger partial charge on any atom is 0.238 e. The topological polar surface area (TPSA) is 82.0 Å². The third-order valence-electron chi connectivity index (χ3n) is 4.44. The lowest BCUT2D eigenvalue weighted by Crippen LogP contribution is -2.23. The van der Waals surface area contributed by atoms with Crippen LogP contribution in [-0.4, -0.2) is 11.8 Å². The first kappa shape index (κ1) is 18.0. The van der Waals surface area contributed by atoms with Gasteiger partial charge in [0.25, 0.3) is 0 Å². The Kier molecular flexibility index (Phi) is 7.28. The molecule has 1 fully saturated rings. The second-order valence-electron chi connectivity index (χ2n) is 6.40. The van der Waals surface area contributed by atoms with E-state index in [1.807, 2.05) is 24.3 Å². The summed E-state index contributed by atoms with van der Waals surface area (Å²) in [5.74, 6) is 0.467. The molecular weight excluding hydrogens is 302 g/mol. The highest BCUT2D eigenvalue weighted by atomic mass is 16.2. The van der Waals surface area contributed by atoms with Crippen LogP contribution in [0.4, 0.5) is 5.69 Å². The van der Waals surface area contributed by atoms with E-state index >= 15 is 0 Å².